The molecular formula is C19H20N2O6. The average molecular weight is 372 g/mol. The van der Waals surface area contributed by atoms with Gasteiger partial charge in [0.15, 0.2) is 0 Å². The van der Waals surface area contributed by atoms with Crippen molar-refractivity contribution in [1.29, 1.82) is 0 Å². The number of aryl methyl sites for hydroxylation is 1. The Kier molecular flexibility index (Phi) is 4.65. The van der Waals surface area contributed by atoms with Crippen LogP contribution in [0.15, 0.2) is 34.7 Å². The largest absolute Gasteiger partial charge is 0.497 e. The van der Waals surface area contributed by atoms with Gasteiger partial charge < -0.3 is 19.2 Å². The lowest BCUT2D eigenvalue weighted by Crippen LogP contribution is -2.40. The van der Waals surface area contributed by atoms with Crippen LogP contribution in [0.1, 0.15) is 34.4 Å². The maximum Gasteiger partial charge on any atom is 0.341 e. The number of carbonyl (C=O) groups excluding carboxylic acids is 3. The summed E-state index contributed by atoms with van der Waals surface area (Å²) in [5, 5.41) is 2.72. The lowest BCUT2D eigenvalue weighted by Gasteiger charge is -2.22. The summed E-state index contributed by atoms with van der Waals surface area (Å²) >= 11 is 0. The second-order valence-electron chi connectivity index (χ2n) is 6.35. The third-order valence-corrected chi connectivity index (χ3v) is 4.63. The highest BCUT2D eigenvalue weighted by molar-refractivity contribution is 6.07. The van der Waals surface area contributed by atoms with Gasteiger partial charge in [-0.3, -0.25) is 9.69 Å². The van der Waals surface area contributed by atoms with Crippen LogP contribution in [0.4, 0.5) is 4.79 Å². The smallest absolute Gasteiger partial charge is 0.341 e. The zero-order valence-corrected chi connectivity index (χ0v) is 15.5. The molecule has 1 saturated heterocycles. The van der Waals surface area contributed by atoms with Gasteiger partial charge in [0.2, 0.25) is 0 Å². The van der Waals surface area contributed by atoms with Crippen molar-refractivity contribution in [3.8, 4) is 5.75 Å². The van der Waals surface area contributed by atoms with E-state index >= 15 is 0 Å². The summed E-state index contributed by atoms with van der Waals surface area (Å²) < 4.78 is 15.3. The van der Waals surface area contributed by atoms with E-state index in [1.807, 2.05) is 0 Å². The molecule has 1 aliphatic heterocycles. The Balaban J connectivity index is 1.84. The molecule has 0 saturated carbocycles. The van der Waals surface area contributed by atoms with Crippen molar-refractivity contribution in [2.75, 3.05) is 14.2 Å². The molecule has 3 amide bonds. The van der Waals surface area contributed by atoms with Crippen LogP contribution >= 0.6 is 0 Å². The number of urea groups is 1. The molecule has 0 spiro atoms. The number of imide groups is 1. The van der Waals surface area contributed by atoms with Gasteiger partial charge in [0.05, 0.1) is 20.8 Å². The molecule has 1 aromatic heterocycles. The van der Waals surface area contributed by atoms with Crippen molar-refractivity contribution in [3.63, 3.8) is 0 Å². The molecule has 8 nitrogen and oxygen atoms in total. The van der Waals surface area contributed by atoms with E-state index in [-0.39, 0.29) is 12.1 Å². The molecule has 142 valence electrons. The van der Waals surface area contributed by atoms with Gasteiger partial charge in [-0.2, -0.15) is 0 Å². The molecule has 1 aliphatic rings. The normalized spacial score (nSPS) is 19.2. The second-order valence-corrected chi connectivity index (χ2v) is 6.35. The summed E-state index contributed by atoms with van der Waals surface area (Å²) in [6, 6.07) is 7.85. The molecule has 3 rings (SSSR count). The summed E-state index contributed by atoms with van der Waals surface area (Å²) in [6.45, 7) is 3.17. The number of nitrogens with zero attached hydrogens (tertiary/aromatic N) is 1. The SMILES string of the molecule is COC(=O)c1cc(CN2C(=O)N[C@@](C)(c3ccc(OC)cc3)C2=O)oc1C. The fraction of sp³-hybridized carbons (Fsp3) is 0.316. The van der Waals surface area contributed by atoms with E-state index in [4.69, 9.17) is 9.15 Å². The number of amides is 3. The third kappa shape index (κ3) is 3.14. The summed E-state index contributed by atoms with van der Waals surface area (Å²) in [7, 11) is 2.82. The van der Waals surface area contributed by atoms with Crippen LogP contribution in [-0.4, -0.2) is 37.0 Å². The van der Waals surface area contributed by atoms with Gasteiger partial charge >= 0.3 is 12.0 Å². The van der Waals surface area contributed by atoms with E-state index in [1.165, 1.54) is 13.2 Å². The van der Waals surface area contributed by atoms with Gasteiger partial charge in [-0.25, -0.2) is 9.59 Å². The van der Waals surface area contributed by atoms with E-state index in [2.05, 4.69) is 10.1 Å². The molecule has 1 aromatic carbocycles. The van der Waals surface area contributed by atoms with Crippen molar-refractivity contribution in [3.05, 3.63) is 53.0 Å². The maximum atomic E-state index is 13.0. The summed E-state index contributed by atoms with van der Waals surface area (Å²) in [5.74, 6) is 0.378. The number of ether oxygens (including phenoxy) is 2. The predicted octanol–water partition coefficient (Wildman–Crippen LogP) is 2.35. The van der Waals surface area contributed by atoms with Crippen LogP contribution in [-0.2, 0) is 21.6 Å². The van der Waals surface area contributed by atoms with Crippen molar-refractivity contribution >= 4 is 17.9 Å². The Hall–Kier alpha value is -3.29. The van der Waals surface area contributed by atoms with E-state index in [0.717, 1.165) is 4.90 Å². The first kappa shape index (κ1) is 18.5. The number of carbonyl (C=O) groups is 3. The Morgan fingerprint density at radius 3 is 2.48 bits per heavy atom. The number of furan rings is 1. The number of rotatable bonds is 5. The van der Waals surface area contributed by atoms with Crippen molar-refractivity contribution in [2.24, 2.45) is 0 Å². The van der Waals surface area contributed by atoms with E-state index in [1.54, 1.807) is 45.2 Å². The van der Waals surface area contributed by atoms with Gasteiger partial charge in [0, 0.05) is 0 Å². The first-order chi connectivity index (χ1) is 12.8. The van der Waals surface area contributed by atoms with Crippen molar-refractivity contribution in [1.82, 2.24) is 10.2 Å². The van der Waals surface area contributed by atoms with E-state index in [9.17, 15) is 14.4 Å². The molecule has 8 heteroatoms. The van der Waals surface area contributed by atoms with Crippen LogP contribution in [0.25, 0.3) is 0 Å². The predicted molar refractivity (Wildman–Crippen MR) is 94.2 cm³/mol. The topological polar surface area (TPSA) is 98.1 Å². The highest BCUT2D eigenvalue weighted by Gasteiger charge is 2.49. The molecule has 2 aromatic rings. The standard InChI is InChI=1S/C19H20N2O6/c1-11-15(16(22)26-4)9-14(27-11)10-21-17(23)19(2,20-18(21)24)12-5-7-13(25-3)8-6-12/h5-9H,10H2,1-4H3,(H,20,24)/t19-/m0/s1. The molecule has 0 radical (unpaired) electrons. The first-order valence-electron chi connectivity index (χ1n) is 8.26. The van der Waals surface area contributed by atoms with Crippen LogP contribution < -0.4 is 10.1 Å². The molecule has 1 N–H and O–H groups in total. The number of methoxy groups -OCH3 is 2. The first-order valence-corrected chi connectivity index (χ1v) is 8.26. The van der Waals surface area contributed by atoms with Crippen LogP contribution in [0.5, 0.6) is 5.75 Å². The van der Waals surface area contributed by atoms with Crippen molar-refractivity contribution in [2.45, 2.75) is 25.9 Å². The van der Waals surface area contributed by atoms with E-state index < -0.39 is 23.4 Å². The summed E-state index contributed by atoms with van der Waals surface area (Å²) in [4.78, 5) is 38.1. The third-order valence-electron chi connectivity index (χ3n) is 4.63. The van der Waals surface area contributed by atoms with Gasteiger partial charge in [-0.05, 0) is 37.6 Å². The number of benzene rings is 1. The Bertz CT molecular complexity index is 901. The number of nitrogens with one attached hydrogen (secondary N) is 1. The van der Waals surface area contributed by atoms with Gasteiger partial charge in [0.25, 0.3) is 5.91 Å². The zero-order valence-electron chi connectivity index (χ0n) is 15.5. The Labute approximate surface area is 156 Å². The quantitative estimate of drug-likeness (QED) is 0.639. The molecular weight excluding hydrogens is 352 g/mol. The molecule has 0 aliphatic carbocycles. The molecule has 0 unspecified atom stereocenters. The van der Waals surface area contributed by atoms with Gasteiger partial charge in [-0.15, -0.1) is 0 Å². The Morgan fingerprint density at radius 2 is 1.89 bits per heavy atom. The molecule has 27 heavy (non-hydrogen) atoms. The molecule has 1 fully saturated rings. The minimum absolute atomic E-state index is 0.0890. The monoisotopic (exact) mass is 372 g/mol. The summed E-state index contributed by atoms with van der Waals surface area (Å²) in [5.41, 5.74) is -0.302. The minimum Gasteiger partial charge on any atom is -0.497 e. The second kappa shape index (κ2) is 6.79. The van der Waals surface area contributed by atoms with Gasteiger partial charge in [0.1, 0.15) is 28.4 Å². The average Bonchev–Trinajstić information content (AvgIpc) is 3.14. The number of hydrogen-bond acceptors (Lipinski definition) is 6. The lowest BCUT2D eigenvalue weighted by atomic mass is 9.92. The fourth-order valence-corrected chi connectivity index (χ4v) is 3.05. The highest BCUT2D eigenvalue weighted by Crippen LogP contribution is 2.31. The maximum absolute atomic E-state index is 13.0. The Morgan fingerprint density at radius 1 is 1.22 bits per heavy atom. The summed E-state index contributed by atoms with van der Waals surface area (Å²) in [6.07, 6.45) is 0. The van der Waals surface area contributed by atoms with Crippen LogP contribution in [0.2, 0.25) is 0 Å². The van der Waals surface area contributed by atoms with Crippen molar-refractivity contribution < 1.29 is 28.3 Å². The van der Waals surface area contributed by atoms with Crippen LogP contribution in [0.3, 0.4) is 0 Å². The lowest BCUT2D eigenvalue weighted by molar-refractivity contribution is -0.131. The minimum atomic E-state index is -1.20. The van der Waals surface area contributed by atoms with E-state index in [0.29, 0.717) is 22.8 Å². The highest BCUT2D eigenvalue weighted by atomic mass is 16.5. The molecule has 0 bridgehead atoms. The fourth-order valence-electron chi connectivity index (χ4n) is 3.05. The number of hydrogen-bond donors (Lipinski definition) is 1. The number of esters is 1. The van der Waals surface area contributed by atoms with Gasteiger partial charge in [-0.1, -0.05) is 12.1 Å². The van der Waals surface area contributed by atoms with Crippen LogP contribution in [0, 0.1) is 6.92 Å². The zero-order chi connectivity index (χ0) is 19.8. The molecule has 1 atom stereocenters. The molecule has 2 heterocycles.